The second-order valence-electron chi connectivity index (χ2n) is 5.02. The summed E-state index contributed by atoms with van der Waals surface area (Å²) in [6, 6.07) is 19.2. The SMILES string of the molecule is C[SH](=O)(CC(N)=O)C(c1ccccc1)c1ccccc1. The van der Waals surface area contributed by atoms with Gasteiger partial charge in [-0.2, -0.15) is 0 Å². The summed E-state index contributed by atoms with van der Waals surface area (Å²) in [6.45, 7) is 0. The molecular weight excluding hydrogens is 270 g/mol. The molecule has 2 aromatic rings. The first-order chi connectivity index (χ1) is 9.50. The molecular formula is C16H19NO2S. The predicted octanol–water partition coefficient (Wildman–Crippen LogP) is 1.91. The summed E-state index contributed by atoms with van der Waals surface area (Å²) >= 11 is 0. The van der Waals surface area contributed by atoms with Gasteiger partial charge < -0.3 is 5.73 Å². The van der Waals surface area contributed by atoms with Crippen molar-refractivity contribution >= 4 is 15.8 Å². The zero-order valence-corrected chi connectivity index (χ0v) is 12.3. The van der Waals surface area contributed by atoms with Gasteiger partial charge in [0.1, 0.15) is 0 Å². The van der Waals surface area contributed by atoms with E-state index in [1.54, 1.807) is 6.26 Å². The highest BCUT2D eigenvalue weighted by molar-refractivity contribution is 8.03. The van der Waals surface area contributed by atoms with Crippen LogP contribution in [0.1, 0.15) is 16.4 Å². The van der Waals surface area contributed by atoms with E-state index in [-0.39, 0.29) is 11.0 Å². The number of hydrogen-bond donors (Lipinski definition) is 2. The first kappa shape index (κ1) is 14.5. The van der Waals surface area contributed by atoms with Crippen molar-refractivity contribution in [2.45, 2.75) is 5.25 Å². The third-order valence-corrected chi connectivity index (χ3v) is 5.87. The topological polar surface area (TPSA) is 60.2 Å². The van der Waals surface area contributed by atoms with Gasteiger partial charge in [0.15, 0.2) is 0 Å². The van der Waals surface area contributed by atoms with E-state index in [1.807, 2.05) is 60.7 Å². The number of benzene rings is 2. The molecule has 0 spiro atoms. The van der Waals surface area contributed by atoms with Crippen LogP contribution in [-0.2, 0) is 14.7 Å². The number of carbonyl (C=O) groups excluding carboxylic acids is 1. The number of nitrogens with two attached hydrogens (primary N) is 1. The van der Waals surface area contributed by atoms with Gasteiger partial charge in [-0.3, -0.25) is 9.00 Å². The van der Waals surface area contributed by atoms with Gasteiger partial charge in [-0.15, -0.1) is 0 Å². The van der Waals surface area contributed by atoms with Gasteiger partial charge in [-0.1, -0.05) is 70.6 Å². The van der Waals surface area contributed by atoms with Crippen LogP contribution in [0.4, 0.5) is 0 Å². The van der Waals surface area contributed by atoms with Crippen LogP contribution in [0, 0.1) is 0 Å². The smallest absolute Gasteiger partial charge is 0.228 e. The molecule has 0 heterocycles. The van der Waals surface area contributed by atoms with Crippen molar-refractivity contribution in [2.24, 2.45) is 5.73 Å². The quantitative estimate of drug-likeness (QED) is 0.826. The largest absolute Gasteiger partial charge is 0.369 e. The molecule has 0 aliphatic heterocycles. The molecule has 0 aliphatic rings. The molecule has 3 nitrogen and oxygen atoms in total. The summed E-state index contributed by atoms with van der Waals surface area (Å²) in [5.74, 6) is -0.603. The van der Waals surface area contributed by atoms with Crippen LogP contribution >= 0.6 is 0 Å². The predicted molar refractivity (Wildman–Crippen MR) is 84.2 cm³/mol. The fraction of sp³-hybridized carbons (Fsp3) is 0.188. The normalized spacial score (nSPS) is 12.3. The highest BCUT2D eigenvalue weighted by Gasteiger charge is 2.27. The summed E-state index contributed by atoms with van der Waals surface area (Å²) in [5, 5.41) is -0.294. The van der Waals surface area contributed by atoms with Crippen LogP contribution in [0.15, 0.2) is 60.7 Å². The first-order valence-electron chi connectivity index (χ1n) is 6.45. The molecule has 0 atom stereocenters. The van der Waals surface area contributed by atoms with E-state index in [2.05, 4.69) is 0 Å². The van der Waals surface area contributed by atoms with Gasteiger partial charge in [-0.25, -0.2) is 0 Å². The monoisotopic (exact) mass is 289 g/mol. The number of amides is 1. The fourth-order valence-corrected chi connectivity index (χ4v) is 4.90. The molecule has 106 valence electrons. The summed E-state index contributed by atoms with van der Waals surface area (Å²) < 4.78 is 13.0. The number of carbonyl (C=O) groups is 1. The fourth-order valence-electron chi connectivity index (χ4n) is 2.49. The van der Waals surface area contributed by atoms with Crippen LogP contribution < -0.4 is 5.73 Å². The van der Waals surface area contributed by atoms with Gasteiger partial charge in [-0.05, 0) is 17.4 Å². The summed E-state index contributed by atoms with van der Waals surface area (Å²) in [5.41, 5.74) is 7.16. The maximum absolute atomic E-state index is 13.0. The lowest BCUT2D eigenvalue weighted by atomic mass is 10.0. The third kappa shape index (κ3) is 3.33. The maximum atomic E-state index is 13.0. The molecule has 2 aromatic carbocycles. The summed E-state index contributed by atoms with van der Waals surface area (Å²) in [4.78, 5) is 11.2. The molecule has 0 fully saturated rings. The van der Waals surface area contributed by atoms with Gasteiger partial charge in [0, 0.05) is 0 Å². The minimum atomic E-state index is -2.78. The van der Waals surface area contributed by atoms with E-state index >= 15 is 0 Å². The van der Waals surface area contributed by atoms with Gasteiger partial charge in [0.2, 0.25) is 5.91 Å². The van der Waals surface area contributed by atoms with E-state index < -0.39 is 15.8 Å². The van der Waals surface area contributed by atoms with Crippen LogP contribution in [0.5, 0.6) is 0 Å². The van der Waals surface area contributed by atoms with Crippen molar-refractivity contribution in [1.29, 1.82) is 0 Å². The lowest BCUT2D eigenvalue weighted by Gasteiger charge is -2.29. The molecule has 0 bridgehead atoms. The average Bonchev–Trinajstić information content (AvgIpc) is 2.39. The molecule has 20 heavy (non-hydrogen) atoms. The summed E-state index contributed by atoms with van der Waals surface area (Å²) in [6.07, 6.45) is 1.66. The Morgan fingerprint density at radius 2 is 1.40 bits per heavy atom. The highest BCUT2D eigenvalue weighted by atomic mass is 32.2. The molecule has 2 N–H and O–H groups in total. The van der Waals surface area contributed by atoms with Crippen molar-refractivity contribution in [3.05, 3.63) is 71.8 Å². The van der Waals surface area contributed by atoms with Crippen molar-refractivity contribution in [3.8, 4) is 0 Å². The van der Waals surface area contributed by atoms with Gasteiger partial charge in [0.25, 0.3) is 0 Å². The Hall–Kier alpha value is -1.94. The zero-order chi connectivity index (χ0) is 14.6. The second kappa shape index (κ2) is 6.01. The highest BCUT2D eigenvalue weighted by Crippen LogP contribution is 2.33. The van der Waals surface area contributed by atoms with Crippen LogP contribution in [0.2, 0.25) is 0 Å². The van der Waals surface area contributed by atoms with Crippen molar-refractivity contribution < 1.29 is 9.00 Å². The van der Waals surface area contributed by atoms with Crippen LogP contribution in [0.25, 0.3) is 0 Å². The molecule has 0 unspecified atom stereocenters. The minimum absolute atomic E-state index is 0.0819. The van der Waals surface area contributed by atoms with Crippen LogP contribution in [0.3, 0.4) is 0 Å². The van der Waals surface area contributed by atoms with E-state index in [0.29, 0.717) is 0 Å². The minimum Gasteiger partial charge on any atom is -0.369 e. The van der Waals surface area contributed by atoms with E-state index in [1.165, 1.54) is 0 Å². The zero-order valence-electron chi connectivity index (χ0n) is 11.4. The first-order valence-corrected chi connectivity index (χ1v) is 8.86. The van der Waals surface area contributed by atoms with Crippen molar-refractivity contribution in [1.82, 2.24) is 0 Å². The molecule has 2 rings (SSSR count). The molecule has 0 saturated heterocycles. The number of rotatable bonds is 5. The molecule has 0 aromatic heterocycles. The Balaban J connectivity index is 2.51. The number of thiol groups is 1. The maximum Gasteiger partial charge on any atom is 0.228 e. The standard InChI is InChI=1S/C16H19NO2S/c1-20(19,12-15(17)18)16(13-8-4-2-5-9-13)14-10-6-3-7-11-14/h2-11,16,20H,12H2,1H3,(H2,17,18). The molecule has 0 radical (unpaired) electrons. The molecule has 0 saturated carbocycles. The third-order valence-electron chi connectivity index (χ3n) is 3.25. The van der Waals surface area contributed by atoms with Gasteiger partial charge >= 0.3 is 0 Å². The molecule has 4 heteroatoms. The molecule has 1 amide bonds. The number of hydrogen-bond acceptors (Lipinski definition) is 2. The van der Waals surface area contributed by atoms with Crippen molar-refractivity contribution in [2.75, 3.05) is 12.0 Å². The van der Waals surface area contributed by atoms with Crippen molar-refractivity contribution in [3.63, 3.8) is 0 Å². The molecule has 0 aliphatic carbocycles. The second-order valence-corrected chi connectivity index (χ2v) is 8.20. The lowest BCUT2D eigenvalue weighted by Crippen LogP contribution is -2.32. The van der Waals surface area contributed by atoms with E-state index in [0.717, 1.165) is 11.1 Å². The lowest BCUT2D eigenvalue weighted by molar-refractivity contribution is -0.115. The average molecular weight is 289 g/mol. The van der Waals surface area contributed by atoms with E-state index in [4.69, 9.17) is 5.73 Å². The Kier molecular flexibility index (Phi) is 4.35. The Morgan fingerprint density at radius 3 is 1.75 bits per heavy atom. The Bertz CT molecular complexity index is 586. The van der Waals surface area contributed by atoms with Gasteiger partial charge in [0.05, 0.1) is 11.0 Å². The number of primary amides is 1. The van der Waals surface area contributed by atoms with Crippen LogP contribution in [-0.4, -0.2) is 22.1 Å². The summed E-state index contributed by atoms with van der Waals surface area (Å²) in [7, 11) is -2.78. The Morgan fingerprint density at radius 1 is 1.00 bits per heavy atom. The Labute approximate surface area is 120 Å². The van der Waals surface area contributed by atoms with E-state index in [9.17, 15) is 9.00 Å².